The molecule has 28 heavy (non-hydrogen) atoms. The number of hydrogen-bond acceptors (Lipinski definition) is 6. The summed E-state index contributed by atoms with van der Waals surface area (Å²) in [6.07, 6.45) is 4.82. The van der Waals surface area contributed by atoms with Crippen molar-refractivity contribution >= 4 is 16.1 Å². The fourth-order valence-corrected chi connectivity index (χ4v) is 4.64. The molecule has 0 spiro atoms. The highest BCUT2D eigenvalue weighted by atomic mass is 32.2. The zero-order valence-corrected chi connectivity index (χ0v) is 17.4. The van der Waals surface area contributed by atoms with Crippen LogP contribution in [0.5, 0.6) is 0 Å². The third-order valence-corrected chi connectivity index (χ3v) is 6.57. The highest BCUT2D eigenvalue weighted by molar-refractivity contribution is 7.85. The number of fused-ring (bicyclic) bond motifs is 2. The number of aryl methyl sites for hydroxylation is 2. The Kier molecular flexibility index (Phi) is 6.02. The minimum Gasteiger partial charge on any atom is -0.368 e. The van der Waals surface area contributed by atoms with E-state index in [1.807, 2.05) is 6.92 Å². The lowest BCUT2D eigenvalue weighted by atomic mass is 9.77. The van der Waals surface area contributed by atoms with E-state index in [1.165, 1.54) is 42.8 Å². The molecular formula is C20H28N4O3S. The summed E-state index contributed by atoms with van der Waals surface area (Å²) >= 11 is 0. The van der Waals surface area contributed by atoms with Crippen LogP contribution in [0, 0.1) is 19.8 Å². The minimum atomic E-state index is -4.02. The summed E-state index contributed by atoms with van der Waals surface area (Å²) in [4.78, 5) is 11.2. The van der Waals surface area contributed by atoms with Crippen LogP contribution in [0.25, 0.3) is 0 Å². The van der Waals surface area contributed by atoms with Gasteiger partial charge in [0.05, 0.1) is 4.90 Å². The van der Waals surface area contributed by atoms with Crippen molar-refractivity contribution < 1.29 is 13.0 Å². The van der Waals surface area contributed by atoms with Crippen LogP contribution >= 0.6 is 0 Å². The standard InChI is InChI=1S/C13H20N4.C7H8O3S/c1-8-10-7-12-9(4-3-5-17(12)2)6-11(10)16-13(14)15-8;1-6-2-4-7(5-3-6)11(8,9)10/h9,12H,3-7H2,1-2H3,(H2,14,15,16);2-5H,1H3,(H,8,9,10)/t9-,12-;/m1./s1. The summed E-state index contributed by atoms with van der Waals surface area (Å²) < 4.78 is 29.6. The number of piperidine rings is 1. The summed E-state index contributed by atoms with van der Waals surface area (Å²) in [5.41, 5.74) is 10.3. The van der Waals surface area contributed by atoms with Crippen molar-refractivity contribution in [1.29, 1.82) is 0 Å². The Labute approximate surface area is 166 Å². The minimum absolute atomic E-state index is 0.0666. The molecule has 0 amide bonds. The van der Waals surface area contributed by atoms with Crippen molar-refractivity contribution in [3.63, 3.8) is 0 Å². The van der Waals surface area contributed by atoms with E-state index < -0.39 is 10.1 Å². The predicted octanol–water partition coefficient (Wildman–Crippen LogP) is 2.42. The molecule has 1 aliphatic heterocycles. The lowest BCUT2D eigenvalue weighted by Crippen LogP contribution is -2.47. The van der Waals surface area contributed by atoms with Gasteiger partial charge in [0.25, 0.3) is 10.1 Å². The summed E-state index contributed by atoms with van der Waals surface area (Å²) in [6.45, 7) is 5.12. The maximum Gasteiger partial charge on any atom is 0.294 e. The Morgan fingerprint density at radius 2 is 1.82 bits per heavy atom. The average Bonchev–Trinajstić information content (AvgIpc) is 2.61. The molecule has 2 heterocycles. The Balaban J connectivity index is 0.000000178. The summed E-state index contributed by atoms with van der Waals surface area (Å²) in [6, 6.07) is 6.67. The Morgan fingerprint density at radius 1 is 1.14 bits per heavy atom. The number of anilines is 1. The predicted molar refractivity (Wildman–Crippen MR) is 109 cm³/mol. The number of nitrogen functional groups attached to an aromatic ring is 1. The average molecular weight is 405 g/mol. The molecule has 0 bridgehead atoms. The van der Waals surface area contributed by atoms with Gasteiger partial charge in [-0.2, -0.15) is 8.42 Å². The fourth-order valence-electron chi connectivity index (χ4n) is 4.16. The second kappa shape index (κ2) is 8.14. The lowest BCUT2D eigenvalue weighted by Gasteiger charge is -2.42. The highest BCUT2D eigenvalue weighted by Crippen LogP contribution is 2.34. The quantitative estimate of drug-likeness (QED) is 0.702. The van der Waals surface area contributed by atoms with Crippen molar-refractivity contribution in [2.24, 2.45) is 5.92 Å². The third-order valence-electron chi connectivity index (χ3n) is 5.70. The van der Waals surface area contributed by atoms with Gasteiger partial charge in [0.15, 0.2) is 0 Å². The molecule has 4 rings (SSSR count). The van der Waals surface area contributed by atoms with E-state index in [-0.39, 0.29) is 4.90 Å². The van der Waals surface area contributed by atoms with Gasteiger partial charge in [0, 0.05) is 17.4 Å². The number of aromatic nitrogens is 2. The van der Waals surface area contributed by atoms with Gasteiger partial charge in [-0.3, -0.25) is 4.55 Å². The van der Waals surface area contributed by atoms with Gasteiger partial charge < -0.3 is 10.6 Å². The number of hydrogen-bond donors (Lipinski definition) is 2. The number of benzene rings is 1. The Bertz CT molecular complexity index is 945. The summed E-state index contributed by atoms with van der Waals surface area (Å²) in [7, 11) is -1.77. The Hall–Kier alpha value is -2.03. The molecule has 3 N–H and O–H groups in total. The number of nitrogens with two attached hydrogens (primary N) is 1. The number of likely N-dealkylation sites (tertiary alicyclic amines) is 1. The van der Waals surface area contributed by atoms with Gasteiger partial charge in [-0.25, -0.2) is 9.97 Å². The molecule has 0 radical (unpaired) electrons. The topological polar surface area (TPSA) is 109 Å². The molecule has 2 atom stereocenters. The summed E-state index contributed by atoms with van der Waals surface area (Å²) in [5, 5.41) is 0. The van der Waals surface area contributed by atoms with Crippen LogP contribution in [-0.4, -0.2) is 47.5 Å². The van der Waals surface area contributed by atoms with Crippen LogP contribution in [0.15, 0.2) is 29.2 Å². The van der Waals surface area contributed by atoms with Gasteiger partial charge in [0.1, 0.15) is 0 Å². The van der Waals surface area contributed by atoms with Gasteiger partial charge in [-0.05, 0) is 76.7 Å². The zero-order chi connectivity index (χ0) is 20.5. The fraction of sp³-hybridized carbons (Fsp3) is 0.500. The molecule has 1 fully saturated rings. The van der Waals surface area contributed by atoms with Crippen LogP contribution in [0.3, 0.4) is 0 Å². The van der Waals surface area contributed by atoms with Gasteiger partial charge >= 0.3 is 0 Å². The van der Waals surface area contributed by atoms with Crippen LogP contribution in [0.1, 0.15) is 35.4 Å². The number of nitrogens with zero attached hydrogens (tertiary/aromatic N) is 3. The number of likely N-dealkylation sites (N-methyl/N-ethyl adjacent to an activating group) is 1. The molecular weight excluding hydrogens is 376 g/mol. The molecule has 7 nitrogen and oxygen atoms in total. The largest absolute Gasteiger partial charge is 0.368 e. The van der Waals surface area contributed by atoms with E-state index >= 15 is 0 Å². The van der Waals surface area contributed by atoms with Crippen molar-refractivity contribution in [2.75, 3.05) is 19.3 Å². The van der Waals surface area contributed by atoms with Crippen LogP contribution in [-0.2, 0) is 23.0 Å². The second-order valence-electron chi connectivity index (χ2n) is 7.74. The van der Waals surface area contributed by atoms with E-state index in [0.29, 0.717) is 12.0 Å². The van der Waals surface area contributed by atoms with Gasteiger partial charge in [-0.1, -0.05) is 17.7 Å². The van der Waals surface area contributed by atoms with Gasteiger partial charge in [-0.15, -0.1) is 0 Å². The maximum absolute atomic E-state index is 10.5. The Morgan fingerprint density at radius 3 is 2.46 bits per heavy atom. The highest BCUT2D eigenvalue weighted by Gasteiger charge is 2.35. The van der Waals surface area contributed by atoms with Crippen molar-refractivity contribution in [2.45, 2.75) is 50.5 Å². The van der Waals surface area contributed by atoms with Crippen LogP contribution in [0.4, 0.5) is 5.95 Å². The van der Waals surface area contributed by atoms with Gasteiger partial charge in [0.2, 0.25) is 5.95 Å². The third kappa shape index (κ3) is 4.68. The van der Waals surface area contributed by atoms with E-state index in [9.17, 15) is 8.42 Å². The van der Waals surface area contributed by atoms with Crippen molar-refractivity contribution in [3.05, 3.63) is 46.8 Å². The van der Waals surface area contributed by atoms with E-state index in [4.69, 9.17) is 10.3 Å². The molecule has 152 valence electrons. The van der Waals surface area contributed by atoms with E-state index in [1.54, 1.807) is 12.1 Å². The van der Waals surface area contributed by atoms with Crippen LogP contribution < -0.4 is 5.73 Å². The second-order valence-corrected chi connectivity index (χ2v) is 9.16. The summed E-state index contributed by atoms with van der Waals surface area (Å²) in [5.74, 6) is 1.19. The smallest absolute Gasteiger partial charge is 0.294 e. The van der Waals surface area contributed by atoms with Crippen molar-refractivity contribution in [3.8, 4) is 0 Å². The lowest BCUT2D eigenvalue weighted by molar-refractivity contribution is 0.111. The maximum atomic E-state index is 10.5. The normalized spacial score (nSPS) is 21.9. The first-order valence-electron chi connectivity index (χ1n) is 9.51. The molecule has 0 unspecified atom stereocenters. The van der Waals surface area contributed by atoms with Crippen LogP contribution in [0.2, 0.25) is 0 Å². The molecule has 1 aromatic heterocycles. The first-order valence-corrected chi connectivity index (χ1v) is 11.0. The molecule has 1 saturated heterocycles. The molecule has 1 aromatic carbocycles. The number of rotatable bonds is 1. The van der Waals surface area contributed by atoms with Crippen molar-refractivity contribution in [1.82, 2.24) is 14.9 Å². The van der Waals surface area contributed by atoms with E-state index in [0.717, 1.165) is 30.0 Å². The SMILES string of the molecule is Cc1ccc(S(=O)(=O)O)cc1.Cc1nc(N)nc2c1C[C@@H]1[C@H](CCCN1C)C2. The molecule has 8 heteroatoms. The molecule has 2 aliphatic rings. The van der Waals surface area contributed by atoms with E-state index in [2.05, 4.69) is 28.8 Å². The first kappa shape index (κ1) is 20.7. The molecule has 2 aromatic rings. The molecule has 1 aliphatic carbocycles. The monoisotopic (exact) mass is 404 g/mol. The molecule has 0 saturated carbocycles. The first-order chi connectivity index (χ1) is 13.1. The zero-order valence-electron chi connectivity index (χ0n) is 16.6.